The Labute approximate surface area is 107 Å². The second-order valence-electron chi connectivity index (χ2n) is 3.58. The van der Waals surface area contributed by atoms with E-state index in [0.717, 1.165) is 10.0 Å². The summed E-state index contributed by atoms with van der Waals surface area (Å²) in [6.45, 7) is 1.89. The lowest BCUT2D eigenvalue weighted by atomic mass is 10.2. The minimum atomic E-state index is -1.00. The zero-order chi connectivity index (χ0) is 12.4. The molecule has 0 aliphatic rings. The van der Waals surface area contributed by atoms with Gasteiger partial charge in [-0.2, -0.15) is 0 Å². The van der Waals surface area contributed by atoms with Crippen molar-refractivity contribution in [3.8, 4) is 11.4 Å². The third-order valence-corrected chi connectivity index (χ3v) is 2.93. The molecule has 2 rings (SSSR count). The van der Waals surface area contributed by atoms with Crippen LogP contribution in [0.3, 0.4) is 0 Å². The van der Waals surface area contributed by atoms with Crippen LogP contribution in [-0.4, -0.2) is 21.0 Å². The molecule has 1 aromatic heterocycles. The Morgan fingerprint density at radius 2 is 2.29 bits per heavy atom. The molecule has 0 bridgehead atoms. The van der Waals surface area contributed by atoms with Gasteiger partial charge >= 0.3 is 5.97 Å². The van der Waals surface area contributed by atoms with Crippen molar-refractivity contribution in [3.05, 3.63) is 40.1 Å². The summed E-state index contributed by atoms with van der Waals surface area (Å²) >= 11 is 3.37. The molecular formula is C12H11BrN2O2. The third-order valence-electron chi connectivity index (χ3n) is 2.43. The molecule has 1 aromatic carbocycles. The normalized spacial score (nSPS) is 10.5. The van der Waals surface area contributed by atoms with Crippen LogP contribution in [0.1, 0.15) is 23.1 Å². The maximum absolute atomic E-state index is 11.0. The highest BCUT2D eigenvalue weighted by Crippen LogP contribution is 2.22. The number of aromatic carboxylic acids is 1. The molecule has 17 heavy (non-hydrogen) atoms. The van der Waals surface area contributed by atoms with Gasteiger partial charge < -0.3 is 10.1 Å². The van der Waals surface area contributed by atoms with Crippen LogP contribution in [0.2, 0.25) is 0 Å². The third kappa shape index (κ3) is 2.39. The van der Waals surface area contributed by atoms with Crippen LogP contribution >= 0.6 is 15.9 Å². The minimum absolute atomic E-state index is 0.0995. The van der Waals surface area contributed by atoms with Gasteiger partial charge in [0, 0.05) is 15.7 Å². The molecule has 4 nitrogen and oxygen atoms in total. The van der Waals surface area contributed by atoms with Gasteiger partial charge in [-0.25, -0.2) is 9.78 Å². The monoisotopic (exact) mass is 294 g/mol. The Bertz CT molecular complexity index is 563. The number of H-pyrrole nitrogens is 1. The molecule has 0 amide bonds. The van der Waals surface area contributed by atoms with Crippen LogP contribution in [0.5, 0.6) is 0 Å². The lowest BCUT2D eigenvalue weighted by Crippen LogP contribution is -2.00. The molecule has 0 unspecified atom stereocenters. The zero-order valence-electron chi connectivity index (χ0n) is 9.20. The SMILES string of the molecule is CCc1[nH]c(-c2cccc(Br)c2)nc1C(=O)O. The number of carboxylic acids is 1. The molecule has 0 radical (unpaired) electrons. The number of aromatic nitrogens is 2. The van der Waals surface area contributed by atoms with E-state index in [9.17, 15) is 4.79 Å². The number of imidazole rings is 1. The maximum atomic E-state index is 11.0. The van der Waals surface area contributed by atoms with Crippen LogP contribution in [0.15, 0.2) is 28.7 Å². The summed E-state index contributed by atoms with van der Waals surface area (Å²) in [5.74, 6) is -0.417. The first kappa shape index (κ1) is 11.9. The average Bonchev–Trinajstić information content (AvgIpc) is 2.73. The maximum Gasteiger partial charge on any atom is 0.356 e. The number of aromatic amines is 1. The summed E-state index contributed by atoms with van der Waals surface area (Å²) in [6.07, 6.45) is 0.614. The van der Waals surface area contributed by atoms with Crippen molar-refractivity contribution < 1.29 is 9.90 Å². The van der Waals surface area contributed by atoms with E-state index in [4.69, 9.17) is 5.11 Å². The second-order valence-corrected chi connectivity index (χ2v) is 4.50. The fourth-order valence-electron chi connectivity index (χ4n) is 1.61. The number of nitrogens with one attached hydrogen (secondary N) is 1. The van der Waals surface area contributed by atoms with Crippen molar-refractivity contribution in [3.63, 3.8) is 0 Å². The van der Waals surface area contributed by atoms with Gasteiger partial charge in [0.15, 0.2) is 5.69 Å². The molecule has 0 saturated heterocycles. The first-order chi connectivity index (χ1) is 8.11. The first-order valence-electron chi connectivity index (χ1n) is 5.20. The van der Waals surface area contributed by atoms with E-state index in [1.165, 1.54) is 0 Å². The highest BCUT2D eigenvalue weighted by molar-refractivity contribution is 9.10. The van der Waals surface area contributed by atoms with Crippen molar-refractivity contribution in [2.75, 3.05) is 0 Å². The number of hydrogen-bond donors (Lipinski definition) is 2. The van der Waals surface area contributed by atoms with Crippen molar-refractivity contribution in [2.45, 2.75) is 13.3 Å². The molecule has 0 spiro atoms. The highest BCUT2D eigenvalue weighted by Gasteiger charge is 2.15. The van der Waals surface area contributed by atoms with Gasteiger partial charge in [-0.3, -0.25) is 0 Å². The smallest absolute Gasteiger partial charge is 0.356 e. The van der Waals surface area contributed by atoms with Crippen molar-refractivity contribution >= 4 is 21.9 Å². The molecule has 0 atom stereocenters. The van der Waals surface area contributed by atoms with Crippen LogP contribution in [-0.2, 0) is 6.42 Å². The quantitative estimate of drug-likeness (QED) is 0.914. The molecule has 2 N–H and O–H groups in total. The number of carbonyl (C=O) groups is 1. The number of halogens is 1. The number of hydrogen-bond acceptors (Lipinski definition) is 2. The van der Waals surface area contributed by atoms with Crippen molar-refractivity contribution in [1.29, 1.82) is 0 Å². The Morgan fingerprint density at radius 1 is 1.53 bits per heavy atom. The number of aryl methyl sites for hydroxylation is 1. The molecule has 0 fully saturated rings. The average molecular weight is 295 g/mol. The predicted octanol–water partition coefficient (Wildman–Crippen LogP) is 3.10. The molecular weight excluding hydrogens is 284 g/mol. The van der Waals surface area contributed by atoms with E-state index in [0.29, 0.717) is 17.9 Å². The predicted molar refractivity (Wildman–Crippen MR) is 68.1 cm³/mol. The summed E-state index contributed by atoms with van der Waals surface area (Å²) in [5.41, 5.74) is 1.61. The van der Waals surface area contributed by atoms with E-state index >= 15 is 0 Å². The fraction of sp³-hybridized carbons (Fsp3) is 0.167. The van der Waals surface area contributed by atoms with E-state index in [-0.39, 0.29) is 5.69 Å². The second kappa shape index (κ2) is 4.71. The molecule has 2 aromatic rings. The summed E-state index contributed by atoms with van der Waals surface area (Å²) in [4.78, 5) is 18.2. The van der Waals surface area contributed by atoms with E-state index in [1.807, 2.05) is 31.2 Å². The first-order valence-corrected chi connectivity index (χ1v) is 5.99. The lowest BCUT2D eigenvalue weighted by molar-refractivity contribution is 0.0690. The van der Waals surface area contributed by atoms with Crippen molar-refractivity contribution in [1.82, 2.24) is 9.97 Å². The molecule has 0 saturated carbocycles. The number of carboxylic acid groups (broad SMARTS) is 1. The fourth-order valence-corrected chi connectivity index (χ4v) is 2.01. The zero-order valence-corrected chi connectivity index (χ0v) is 10.8. The van der Waals surface area contributed by atoms with E-state index in [1.54, 1.807) is 0 Å². The van der Waals surface area contributed by atoms with Crippen LogP contribution in [0.25, 0.3) is 11.4 Å². The standard InChI is InChI=1S/C12H11BrN2O2/c1-2-9-10(12(16)17)15-11(14-9)7-4-3-5-8(13)6-7/h3-6H,2H2,1H3,(H,14,15)(H,16,17). The van der Waals surface area contributed by atoms with Gasteiger partial charge in [0.05, 0.1) is 0 Å². The summed E-state index contributed by atoms with van der Waals surface area (Å²) in [5, 5.41) is 9.02. The van der Waals surface area contributed by atoms with Crippen molar-refractivity contribution in [2.24, 2.45) is 0 Å². The lowest BCUT2D eigenvalue weighted by Gasteiger charge is -1.96. The highest BCUT2D eigenvalue weighted by atomic mass is 79.9. The van der Waals surface area contributed by atoms with Gasteiger partial charge in [0.2, 0.25) is 0 Å². The van der Waals surface area contributed by atoms with Gasteiger partial charge in [0.25, 0.3) is 0 Å². The number of rotatable bonds is 3. The molecule has 88 valence electrons. The molecule has 1 heterocycles. The Morgan fingerprint density at radius 3 is 2.82 bits per heavy atom. The van der Waals surface area contributed by atoms with Gasteiger partial charge in [-0.15, -0.1) is 0 Å². The van der Waals surface area contributed by atoms with Gasteiger partial charge in [0.1, 0.15) is 5.82 Å². The summed E-state index contributed by atoms with van der Waals surface area (Å²) < 4.78 is 0.932. The van der Waals surface area contributed by atoms with Crippen LogP contribution < -0.4 is 0 Å². The molecule has 0 aliphatic carbocycles. The van der Waals surface area contributed by atoms with Crippen LogP contribution in [0.4, 0.5) is 0 Å². The summed E-state index contributed by atoms with van der Waals surface area (Å²) in [7, 11) is 0. The summed E-state index contributed by atoms with van der Waals surface area (Å²) in [6, 6.07) is 7.57. The number of benzene rings is 1. The minimum Gasteiger partial charge on any atom is -0.476 e. The van der Waals surface area contributed by atoms with Gasteiger partial charge in [-0.05, 0) is 18.6 Å². The Balaban J connectivity index is 2.50. The van der Waals surface area contributed by atoms with Crippen LogP contribution in [0, 0.1) is 0 Å². The van der Waals surface area contributed by atoms with Gasteiger partial charge in [-0.1, -0.05) is 35.0 Å². The molecule has 0 aliphatic heterocycles. The topological polar surface area (TPSA) is 66.0 Å². The van der Waals surface area contributed by atoms with E-state index in [2.05, 4.69) is 25.9 Å². The number of nitrogens with zero attached hydrogens (tertiary/aromatic N) is 1. The Hall–Kier alpha value is -1.62. The largest absolute Gasteiger partial charge is 0.476 e. The Kier molecular flexibility index (Phi) is 3.28. The van der Waals surface area contributed by atoms with E-state index < -0.39 is 5.97 Å². The molecule has 5 heteroatoms.